The van der Waals surface area contributed by atoms with E-state index in [-0.39, 0.29) is 17.5 Å². The average Bonchev–Trinajstić information content (AvgIpc) is 2.59. The minimum atomic E-state index is -0.0794. The molecule has 0 bridgehead atoms. The zero-order valence-corrected chi connectivity index (χ0v) is 13.5. The van der Waals surface area contributed by atoms with Gasteiger partial charge in [0.25, 0.3) is 11.5 Å². The van der Waals surface area contributed by atoms with Crippen LogP contribution in [0.4, 0.5) is 0 Å². The molecule has 0 saturated heterocycles. The Morgan fingerprint density at radius 3 is 2.67 bits per heavy atom. The third kappa shape index (κ3) is 2.62. The van der Waals surface area contributed by atoms with Crippen LogP contribution >= 0.6 is 0 Å². The molecule has 4 rings (SSSR count). The van der Waals surface area contributed by atoms with E-state index in [4.69, 9.17) is 0 Å². The molecule has 0 aromatic carbocycles. The summed E-state index contributed by atoms with van der Waals surface area (Å²) < 4.78 is 1.76. The maximum atomic E-state index is 13.0. The monoisotopic (exact) mass is 324 g/mol. The van der Waals surface area contributed by atoms with Gasteiger partial charge in [-0.05, 0) is 38.5 Å². The minimum absolute atomic E-state index is 0.0521. The molecule has 0 radical (unpaired) electrons. The van der Waals surface area contributed by atoms with E-state index >= 15 is 0 Å². The highest BCUT2D eigenvalue weighted by Gasteiger charge is 2.27. The van der Waals surface area contributed by atoms with E-state index in [0.717, 1.165) is 44.2 Å². The number of carbonyl (C=O) groups is 1. The van der Waals surface area contributed by atoms with Crippen molar-refractivity contribution >= 4 is 5.91 Å². The number of fused-ring (bicyclic) bond motifs is 1. The summed E-state index contributed by atoms with van der Waals surface area (Å²) in [5.74, 6) is -0.0794. The van der Waals surface area contributed by atoms with Crippen LogP contribution < -0.4 is 10.9 Å². The predicted molar refractivity (Wildman–Crippen MR) is 89.8 cm³/mol. The Bertz CT molecular complexity index is 825. The highest BCUT2D eigenvalue weighted by Crippen LogP contribution is 2.28. The average molecular weight is 324 g/mol. The molecule has 0 unspecified atom stereocenters. The fourth-order valence-corrected chi connectivity index (χ4v) is 3.49. The molecule has 1 saturated carbocycles. The third-order valence-electron chi connectivity index (χ3n) is 5.00. The molecule has 1 aliphatic carbocycles. The largest absolute Gasteiger partial charge is 0.349 e. The molecule has 0 atom stereocenters. The van der Waals surface area contributed by atoms with Gasteiger partial charge in [-0.2, -0.15) is 0 Å². The fraction of sp³-hybridized carbons (Fsp3) is 0.444. The third-order valence-corrected chi connectivity index (χ3v) is 5.00. The zero-order chi connectivity index (χ0) is 16.5. The lowest BCUT2D eigenvalue weighted by molar-refractivity contribution is 0.0915. The maximum absolute atomic E-state index is 13.0. The molecule has 6 heteroatoms. The Morgan fingerprint density at radius 1 is 1.17 bits per heavy atom. The van der Waals surface area contributed by atoms with Gasteiger partial charge in [0.15, 0.2) is 0 Å². The SMILES string of the molecule is O=C(NC1CCC1)c1c(-c2cncnc2)cc(=O)n2c1CCCC2. The molecule has 1 fully saturated rings. The second-order valence-electron chi connectivity index (χ2n) is 6.56. The molecule has 1 N–H and O–H groups in total. The van der Waals surface area contributed by atoms with Gasteiger partial charge in [0.1, 0.15) is 6.33 Å². The normalized spacial score (nSPS) is 17.0. The Hall–Kier alpha value is -2.50. The second-order valence-corrected chi connectivity index (χ2v) is 6.56. The quantitative estimate of drug-likeness (QED) is 0.936. The second kappa shape index (κ2) is 6.19. The van der Waals surface area contributed by atoms with Crippen LogP contribution in [0.25, 0.3) is 11.1 Å². The molecule has 2 aromatic heterocycles. The van der Waals surface area contributed by atoms with Gasteiger partial charge in [0.2, 0.25) is 0 Å². The number of carbonyl (C=O) groups excluding carboxylic acids is 1. The van der Waals surface area contributed by atoms with E-state index in [0.29, 0.717) is 23.2 Å². The molecular weight excluding hydrogens is 304 g/mol. The predicted octanol–water partition coefficient (Wildman–Crippen LogP) is 1.92. The first kappa shape index (κ1) is 15.1. The van der Waals surface area contributed by atoms with Crippen LogP contribution in [-0.2, 0) is 13.0 Å². The number of pyridine rings is 1. The number of hydrogen-bond acceptors (Lipinski definition) is 4. The summed E-state index contributed by atoms with van der Waals surface area (Å²) in [5.41, 5.74) is 2.78. The number of nitrogens with zero attached hydrogens (tertiary/aromatic N) is 3. The summed E-state index contributed by atoms with van der Waals surface area (Å²) in [5, 5.41) is 3.12. The van der Waals surface area contributed by atoms with Crippen LogP contribution in [0, 0.1) is 0 Å². The van der Waals surface area contributed by atoms with E-state index in [1.165, 1.54) is 6.33 Å². The molecule has 1 amide bonds. The maximum Gasteiger partial charge on any atom is 0.253 e. The molecule has 3 heterocycles. The lowest BCUT2D eigenvalue weighted by Crippen LogP contribution is -2.41. The van der Waals surface area contributed by atoms with Crippen molar-refractivity contribution in [2.24, 2.45) is 0 Å². The van der Waals surface area contributed by atoms with Gasteiger partial charge in [0, 0.05) is 47.9 Å². The number of hydrogen-bond donors (Lipinski definition) is 1. The standard InChI is InChI=1S/C18H20N4O2/c23-16-8-14(12-9-19-11-20-10-12)17(15-6-1-2-7-22(15)16)18(24)21-13-4-3-5-13/h8-11,13H,1-7H2,(H,21,24). The van der Waals surface area contributed by atoms with Crippen LogP contribution in [-0.4, -0.2) is 26.5 Å². The van der Waals surface area contributed by atoms with E-state index in [1.807, 2.05) is 0 Å². The number of amides is 1. The lowest BCUT2D eigenvalue weighted by atomic mass is 9.91. The summed E-state index contributed by atoms with van der Waals surface area (Å²) in [6.45, 7) is 0.684. The van der Waals surface area contributed by atoms with Gasteiger partial charge in [-0.3, -0.25) is 9.59 Å². The van der Waals surface area contributed by atoms with Crippen LogP contribution in [0.5, 0.6) is 0 Å². The Morgan fingerprint density at radius 2 is 1.96 bits per heavy atom. The summed E-state index contributed by atoms with van der Waals surface area (Å²) >= 11 is 0. The van der Waals surface area contributed by atoms with Crippen molar-refractivity contribution in [2.45, 2.75) is 51.1 Å². The van der Waals surface area contributed by atoms with Crippen LogP contribution in [0.1, 0.15) is 48.2 Å². The van der Waals surface area contributed by atoms with Gasteiger partial charge in [-0.25, -0.2) is 9.97 Å². The first-order valence-electron chi connectivity index (χ1n) is 8.57. The topological polar surface area (TPSA) is 76.9 Å². The molecule has 0 spiro atoms. The summed E-state index contributed by atoms with van der Waals surface area (Å²) in [6, 6.07) is 1.82. The molecule has 24 heavy (non-hydrogen) atoms. The van der Waals surface area contributed by atoms with Crippen molar-refractivity contribution in [3.63, 3.8) is 0 Å². The first-order chi connectivity index (χ1) is 11.7. The van der Waals surface area contributed by atoms with Gasteiger partial charge in [-0.1, -0.05) is 0 Å². The smallest absolute Gasteiger partial charge is 0.253 e. The van der Waals surface area contributed by atoms with Gasteiger partial charge in [0.05, 0.1) is 5.56 Å². The first-order valence-corrected chi connectivity index (χ1v) is 8.57. The van der Waals surface area contributed by atoms with E-state index < -0.39 is 0 Å². The number of rotatable bonds is 3. The van der Waals surface area contributed by atoms with Gasteiger partial charge >= 0.3 is 0 Å². The molecule has 1 aliphatic heterocycles. The van der Waals surface area contributed by atoms with Crippen molar-refractivity contribution in [3.05, 3.63) is 46.4 Å². The van der Waals surface area contributed by atoms with E-state index in [9.17, 15) is 9.59 Å². The molecule has 2 aromatic rings. The number of aromatic nitrogens is 3. The fourth-order valence-electron chi connectivity index (χ4n) is 3.49. The number of nitrogens with one attached hydrogen (secondary N) is 1. The summed E-state index contributed by atoms with van der Waals surface area (Å²) in [4.78, 5) is 33.6. The summed E-state index contributed by atoms with van der Waals surface area (Å²) in [7, 11) is 0. The highest BCUT2D eigenvalue weighted by atomic mass is 16.2. The van der Waals surface area contributed by atoms with Crippen molar-refractivity contribution in [3.8, 4) is 11.1 Å². The van der Waals surface area contributed by atoms with Crippen LogP contribution in [0.15, 0.2) is 29.6 Å². The zero-order valence-electron chi connectivity index (χ0n) is 13.5. The molecule has 6 nitrogen and oxygen atoms in total. The van der Waals surface area contributed by atoms with Crippen LogP contribution in [0.3, 0.4) is 0 Å². The Labute approximate surface area is 140 Å². The van der Waals surface area contributed by atoms with Crippen molar-refractivity contribution < 1.29 is 4.79 Å². The van der Waals surface area contributed by atoms with Crippen molar-refractivity contribution in [1.82, 2.24) is 19.9 Å². The minimum Gasteiger partial charge on any atom is -0.349 e. The van der Waals surface area contributed by atoms with Crippen molar-refractivity contribution in [1.29, 1.82) is 0 Å². The highest BCUT2D eigenvalue weighted by molar-refractivity contribution is 6.02. The van der Waals surface area contributed by atoms with E-state index in [2.05, 4.69) is 15.3 Å². The van der Waals surface area contributed by atoms with E-state index in [1.54, 1.807) is 23.0 Å². The van der Waals surface area contributed by atoms with Gasteiger partial charge in [-0.15, -0.1) is 0 Å². The Balaban J connectivity index is 1.86. The molecular formula is C18H20N4O2. The van der Waals surface area contributed by atoms with Gasteiger partial charge < -0.3 is 9.88 Å². The van der Waals surface area contributed by atoms with Crippen LogP contribution in [0.2, 0.25) is 0 Å². The lowest BCUT2D eigenvalue weighted by Gasteiger charge is -2.28. The Kier molecular flexibility index (Phi) is 3.88. The van der Waals surface area contributed by atoms with Crippen molar-refractivity contribution in [2.75, 3.05) is 0 Å². The summed E-state index contributed by atoms with van der Waals surface area (Å²) in [6.07, 6.45) is 10.7. The molecule has 124 valence electrons. The molecule has 2 aliphatic rings.